The molecule has 9 heteroatoms. The van der Waals surface area contributed by atoms with Crippen LogP contribution in [0.4, 0.5) is 11.4 Å². The van der Waals surface area contributed by atoms with Crippen LogP contribution in [-0.4, -0.2) is 58.8 Å². The van der Waals surface area contributed by atoms with Crippen LogP contribution in [0.3, 0.4) is 0 Å². The molecule has 1 amide bonds. The van der Waals surface area contributed by atoms with E-state index in [0.29, 0.717) is 48.9 Å². The molecular weight excluding hydrogens is 458 g/mol. The number of nitro benzene ring substituents is 1. The Morgan fingerprint density at radius 3 is 2.39 bits per heavy atom. The maximum absolute atomic E-state index is 13.7. The van der Waals surface area contributed by atoms with Crippen LogP contribution in [0.5, 0.6) is 5.75 Å². The Balaban J connectivity index is 1.43. The third-order valence-corrected chi connectivity index (χ3v) is 6.29. The number of methoxy groups -OCH3 is 1. The third kappa shape index (κ3) is 4.50. The van der Waals surface area contributed by atoms with Gasteiger partial charge in [0.25, 0.3) is 11.6 Å². The zero-order valence-corrected chi connectivity index (χ0v) is 19.8. The number of piperazine rings is 1. The summed E-state index contributed by atoms with van der Waals surface area (Å²) < 4.78 is 7.10. The van der Waals surface area contributed by atoms with Crippen molar-refractivity contribution in [2.45, 2.75) is 0 Å². The van der Waals surface area contributed by atoms with Crippen molar-refractivity contribution in [3.8, 4) is 22.7 Å². The first-order chi connectivity index (χ1) is 17.5. The first-order valence-corrected chi connectivity index (χ1v) is 11.6. The number of anilines is 1. The summed E-state index contributed by atoms with van der Waals surface area (Å²) in [5.74, 6) is 0.551. The van der Waals surface area contributed by atoms with Crippen molar-refractivity contribution in [3.05, 3.63) is 101 Å². The normalized spacial score (nSPS) is 13.5. The summed E-state index contributed by atoms with van der Waals surface area (Å²) in [7, 11) is 1.60. The molecule has 1 fully saturated rings. The van der Waals surface area contributed by atoms with Gasteiger partial charge in [-0.1, -0.05) is 42.5 Å². The van der Waals surface area contributed by atoms with Gasteiger partial charge in [-0.3, -0.25) is 14.9 Å². The Labute approximate surface area is 208 Å². The topological polar surface area (TPSA) is 93.7 Å². The molecule has 1 aliphatic heterocycles. The Bertz CT molecular complexity index is 1390. The van der Waals surface area contributed by atoms with Crippen LogP contribution in [0.15, 0.2) is 85.1 Å². The summed E-state index contributed by atoms with van der Waals surface area (Å²) in [5, 5.41) is 16.2. The van der Waals surface area contributed by atoms with Crippen LogP contribution in [-0.2, 0) is 0 Å². The minimum Gasteiger partial charge on any atom is -0.497 e. The fourth-order valence-electron chi connectivity index (χ4n) is 4.43. The monoisotopic (exact) mass is 483 g/mol. The van der Waals surface area contributed by atoms with Crippen molar-refractivity contribution < 1.29 is 14.5 Å². The molecule has 36 heavy (non-hydrogen) atoms. The highest BCUT2D eigenvalue weighted by Gasteiger charge is 2.29. The number of rotatable bonds is 6. The number of hydrogen-bond donors (Lipinski definition) is 0. The lowest BCUT2D eigenvalue weighted by Gasteiger charge is -2.35. The predicted octanol–water partition coefficient (Wildman–Crippen LogP) is 4.42. The van der Waals surface area contributed by atoms with Gasteiger partial charge in [0.05, 0.1) is 23.3 Å². The molecule has 5 rings (SSSR count). The van der Waals surface area contributed by atoms with Gasteiger partial charge in [-0.15, -0.1) is 0 Å². The van der Waals surface area contributed by atoms with Gasteiger partial charge in [-0.25, -0.2) is 4.68 Å². The number of carbonyl (C=O) groups is 1. The molecule has 182 valence electrons. The number of nitro groups is 1. The highest BCUT2D eigenvalue weighted by atomic mass is 16.6. The molecule has 1 aromatic heterocycles. The van der Waals surface area contributed by atoms with Crippen molar-refractivity contribution in [2.75, 3.05) is 38.2 Å². The van der Waals surface area contributed by atoms with E-state index in [4.69, 9.17) is 9.84 Å². The first kappa shape index (κ1) is 23.1. The second-order valence-electron chi connectivity index (χ2n) is 8.43. The van der Waals surface area contributed by atoms with Crippen molar-refractivity contribution in [3.63, 3.8) is 0 Å². The number of benzene rings is 3. The largest absolute Gasteiger partial charge is 0.497 e. The van der Waals surface area contributed by atoms with E-state index in [1.165, 1.54) is 6.07 Å². The van der Waals surface area contributed by atoms with Gasteiger partial charge in [0, 0.05) is 44.0 Å². The molecule has 0 saturated carbocycles. The van der Waals surface area contributed by atoms with Crippen molar-refractivity contribution in [1.29, 1.82) is 0 Å². The number of aromatic nitrogens is 2. The SMILES string of the molecule is COc1cccc(-c2nn(-c3ccccc3)cc2C(=O)N2CCN(c3ccccc3[N+](=O)[O-])CC2)c1. The Hall–Kier alpha value is -4.66. The second kappa shape index (κ2) is 9.91. The summed E-state index contributed by atoms with van der Waals surface area (Å²) in [4.78, 5) is 28.5. The molecule has 2 heterocycles. The second-order valence-corrected chi connectivity index (χ2v) is 8.43. The van der Waals surface area contributed by atoms with E-state index in [9.17, 15) is 14.9 Å². The Morgan fingerprint density at radius 2 is 1.67 bits per heavy atom. The summed E-state index contributed by atoms with van der Waals surface area (Å²) >= 11 is 0. The van der Waals surface area contributed by atoms with Crippen molar-refractivity contribution in [2.24, 2.45) is 0 Å². The third-order valence-electron chi connectivity index (χ3n) is 6.29. The molecule has 0 atom stereocenters. The van der Waals surface area contributed by atoms with Crippen LogP contribution in [0.2, 0.25) is 0 Å². The fourth-order valence-corrected chi connectivity index (χ4v) is 4.43. The standard InChI is InChI=1S/C27H25N5O4/c1-36-22-11-7-8-20(18-22)26-23(19-31(28-26)21-9-3-2-4-10-21)27(33)30-16-14-29(15-17-30)24-12-5-6-13-25(24)32(34)35/h2-13,18-19H,14-17H2,1H3. The van der Waals surface area contributed by atoms with E-state index in [0.717, 1.165) is 11.3 Å². The number of amides is 1. The van der Waals surface area contributed by atoms with Crippen molar-refractivity contribution in [1.82, 2.24) is 14.7 Å². The number of para-hydroxylation sites is 3. The smallest absolute Gasteiger partial charge is 0.292 e. The molecule has 0 unspecified atom stereocenters. The van der Waals surface area contributed by atoms with Gasteiger partial charge in [0.15, 0.2) is 0 Å². The summed E-state index contributed by atoms with van der Waals surface area (Å²) in [6.07, 6.45) is 1.76. The van der Waals surface area contributed by atoms with Crippen LogP contribution < -0.4 is 9.64 Å². The number of ether oxygens (including phenoxy) is 1. The molecule has 9 nitrogen and oxygen atoms in total. The molecule has 0 aliphatic carbocycles. The molecule has 3 aromatic carbocycles. The first-order valence-electron chi connectivity index (χ1n) is 11.6. The van der Waals surface area contributed by atoms with Crippen LogP contribution in [0.1, 0.15) is 10.4 Å². The van der Waals surface area contributed by atoms with E-state index in [2.05, 4.69) is 0 Å². The molecule has 0 spiro atoms. The number of hydrogen-bond acceptors (Lipinski definition) is 6. The van der Waals surface area contributed by atoms with Gasteiger partial charge in [0.2, 0.25) is 0 Å². The van der Waals surface area contributed by atoms with Crippen LogP contribution in [0.25, 0.3) is 16.9 Å². The summed E-state index contributed by atoms with van der Waals surface area (Å²) in [5.41, 5.74) is 3.34. The van der Waals surface area contributed by atoms with E-state index < -0.39 is 0 Å². The van der Waals surface area contributed by atoms with Gasteiger partial charge in [0.1, 0.15) is 17.1 Å². The van der Waals surface area contributed by atoms with Crippen LogP contribution >= 0.6 is 0 Å². The Morgan fingerprint density at radius 1 is 0.944 bits per heavy atom. The van der Waals surface area contributed by atoms with Crippen LogP contribution in [0, 0.1) is 10.1 Å². The lowest BCUT2D eigenvalue weighted by molar-refractivity contribution is -0.384. The molecule has 1 saturated heterocycles. The molecule has 0 bridgehead atoms. The lowest BCUT2D eigenvalue weighted by atomic mass is 10.1. The molecule has 4 aromatic rings. The van der Waals surface area contributed by atoms with Gasteiger partial charge < -0.3 is 14.5 Å². The summed E-state index contributed by atoms with van der Waals surface area (Å²) in [6.45, 7) is 1.88. The molecule has 1 aliphatic rings. The minimum absolute atomic E-state index is 0.0710. The summed E-state index contributed by atoms with van der Waals surface area (Å²) in [6, 6.07) is 23.8. The highest BCUT2D eigenvalue weighted by Crippen LogP contribution is 2.30. The zero-order valence-electron chi connectivity index (χ0n) is 19.8. The molecular formula is C27H25N5O4. The number of nitrogens with zero attached hydrogens (tertiary/aromatic N) is 5. The van der Waals surface area contributed by atoms with E-state index in [-0.39, 0.29) is 16.5 Å². The zero-order chi connectivity index (χ0) is 25.1. The quantitative estimate of drug-likeness (QED) is 0.298. The minimum atomic E-state index is -0.370. The fraction of sp³-hybridized carbons (Fsp3) is 0.185. The van der Waals surface area contributed by atoms with E-state index in [1.54, 1.807) is 41.1 Å². The van der Waals surface area contributed by atoms with E-state index in [1.807, 2.05) is 59.5 Å². The van der Waals surface area contributed by atoms with E-state index >= 15 is 0 Å². The number of carbonyl (C=O) groups excluding carboxylic acids is 1. The van der Waals surface area contributed by atoms with Crippen molar-refractivity contribution >= 4 is 17.3 Å². The average Bonchev–Trinajstić information content (AvgIpc) is 3.39. The van der Waals surface area contributed by atoms with Gasteiger partial charge in [-0.05, 0) is 30.3 Å². The molecule has 0 N–H and O–H groups in total. The predicted molar refractivity (Wildman–Crippen MR) is 137 cm³/mol. The molecule has 0 radical (unpaired) electrons. The lowest BCUT2D eigenvalue weighted by Crippen LogP contribution is -2.49. The average molecular weight is 484 g/mol. The highest BCUT2D eigenvalue weighted by molar-refractivity contribution is 6.00. The Kier molecular flexibility index (Phi) is 6.36. The van der Waals surface area contributed by atoms with Gasteiger partial charge >= 0.3 is 0 Å². The van der Waals surface area contributed by atoms with Gasteiger partial charge in [-0.2, -0.15) is 5.10 Å². The maximum Gasteiger partial charge on any atom is 0.292 e. The maximum atomic E-state index is 13.7.